The van der Waals surface area contributed by atoms with Crippen LogP contribution in [0.3, 0.4) is 0 Å². The third kappa shape index (κ3) is 5.10. The average molecular weight is 291 g/mol. The van der Waals surface area contributed by atoms with E-state index in [9.17, 15) is 5.11 Å². The SMILES string of the molecule is CC(C)C(CO)N(Cc1ccccc1)CC1CCOCC1. The zero-order valence-electron chi connectivity index (χ0n) is 13.4. The third-order valence-electron chi connectivity index (χ3n) is 4.49. The smallest absolute Gasteiger partial charge is 0.0589 e. The van der Waals surface area contributed by atoms with E-state index in [1.54, 1.807) is 0 Å². The van der Waals surface area contributed by atoms with E-state index in [1.807, 2.05) is 0 Å². The zero-order valence-corrected chi connectivity index (χ0v) is 13.4. The number of rotatable bonds is 7. The number of nitrogens with zero attached hydrogens (tertiary/aromatic N) is 1. The van der Waals surface area contributed by atoms with E-state index >= 15 is 0 Å². The predicted octanol–water partition coefficient (Wildman–Crippen LogP) is 2.93. The Labute approximate surface area is 128 Å². The third-order valence-corrected chi connectivity index (χ3v) is 4.49. The highest BCUT2D eigenvalue weighted by Gasteiger charge is 2.25. The van der Waals surface area contributed by atoms with Gasteiger partial charge in [0.1, 0.15) is 0 Å². The fourth-order valence-electron chi connectivity index (χ4n) is 3.14. The Hall–Kier alpha value is -0.900. The number of benzene rings is 1. The molecule has 1 aliphatic rings. The second-order valence-corrected chi connectivity index (χ2v) is 6.46. The highest BCUT2D eigenvalue weighted by atomic mass is 16.5. The molecule has 0 saturated carbocycles. The van der Waals surface area contributed by atoms with Gasteiger partial charge in [-0.15, -0.1) is 0 Å². The minimum atomic E-state index is 0.230. The molecule has 1 aliphatic heterocycles. The highest BCUT2D eigenvalue weighted by molar-refractivity contribution is 5.14. The van der Waals surface area contributed by atoms with E-state index in [0.29, 0.717) is 11.8 Å². The Morgan fingerprint density at radius 1 is 1.19 bits per heavy atom. The molecule has 1 N–H and O–H groups in total. The van der Waals surface area contributed by atoms with Crippen molar-refractivity contribution < 1.29 is 9.84 Å². The first kappa shape index (κ1) is 16.5. The van der Waals surface area contributed by atoms with Crippen LogP contribution in [0.2, 0.25) is 0 Å². The second kappa shape index (κ2) is 8.52. The van der Waals surface area contributed by atoms with Gasteiger partial charge in [0.05, 0.1) is 6.61 Å². The summed E-state index contributed by atoms with van der Waals surface area (Å²) in [4.78, 5) is 2.47. The van der Waals surface area contributed by atoms with E-state index in [0.717, 1.165) is 39.1 Å². The highest BCUT2D eigenvalue weighted by Crippen LogP contribution is 2.21. The van der Waals surface area contributed by atoms with Gasteiger partial charge in [0, 0.05) is 32.3 Å². The van der Waals surface area contributed by atoms with E-state index in [4.69, 9.17) is 4.74 Å². The molecule has 1 atom stereocenters. The molecule has 3 nitrogen and oxygen atoms in total. The molecule has 0 bridgehead atoms. The molecule has 0 amide bonds. The van der Waals surface area contributed by atoms with Crippen molar-refractivity contribution in [2.45, 2.75) is 39.3 Å². The van der Waals surface area contributed by atoms with Crippen LogP contribution in [0.15, 0.2) is 30.3 Å². The fraction of sp³-hybridized carbons (Fsp3) is 0.667. The first-order valence-corrected chi connectivity index (χ1v) is 8.17. The molecule has 1 aromatic carbocycles. The van der Waals surface area contributed by atoms with Crippen molar-refractivity contribution in [2.24, 2.45) is 11.8 Å². The molecule has 1 saturated heterocycles. The molecule has 1 fully saturated rings. The van der Waals surface area contributed by atoms with Crippen molar-refractivity contribution in [3.05, 3.63) is 35.9 Å². The van der Waals surface area contributed by atoms with Gasteiger partial charge in [-0.3, -0.25) is 4.90 Å². The van der Waals surface area contributed by atoms with Gasteiger partial charge in [-0.2, -0.15) is 0 Å². The van der Waals surface area contributed by atoms with Crippen LogP contribution < -0.4 is 0 Å². The summed E-state index contributed by atoms with van der Waals surface area (Å²) < 4.78 is 5.47. The quantitative estimate of drug-likeness (QED) is 0.838. The maximum atomic E-state index is 9.81. The van der Waals surface area contributed by atoms with E-state index in [2.05, 4.69) is 49.1 Å². The van der Waals surface area contributed by atoms with Gasteiger partial charge in [0.25, 0.3) is 0 Å². The summed E-state index contributed by atoms with van der Waals surface area (Å²) in [6.45, 7) is 8.37. The maximum Gasteiger partial charge on any atom is 0.0589 e. The van der Waals surface area contributed by atoms with Gasteiger partial charge in [-0.25, -0.2) is 0 Å². The average Bonchev–Trinajstić information content (AvgIpc) is 2.49. The molecule has 1 aromatic rings. The largest absolute Gasteiger partial charge is 0.395 e. The minimum absolute atomic E-state index is 0.230. The Balaban J connectivity index is 2.05. The lowest BCUT2D eigenvalue weighted by Crippen LogP contribution is -2.44. The van der Waals surface area contributed by atoms with Crippen molar-refractivity contribution >= 4 is 0 Å². The van der Waals surface area contributed by atoms with Crippen LogP contribution in [-0.2, 0) is 11.3 Å². The summed E-state index contributed by atoms with van der Waals surface area (Å²) in [6.07, 6.45) is 2.28. The summed E-state index contributed by atoms with van der Waals surface area (Å²) in [7, 11) is 0. The summed E-state index contributed by atoms with van der Waals surface area (Å²) in [5.74, 6) is 1.15. The molecule has 1 heterocycles. The van der Waals surface area contributed by atoms with Crippen LogP contribution in [0.25, 0.3) is 0 Å². The normalized spacial score (nSPS) is 18.3. The van der Waals surface area contributed by atoms with Gasteiger partial charge in [0.15, 0.2) is 0 Å². The Kier molecular flexibility index (Phi) is 6.68. The molecule has 0 aliphatic carbocycles. The molecular weight excluding hydrogens is 262 g/mol. The molecule has 0 spiro atoms. The Bertz CT molecular complexity index is 387. The minimum Gasteiger partial charge on any atom is -0.395 e. The lowest BCUT2D eigenvalue weighted by atomic mass is 9.96. The van der Waals surface area contributed by atoms with Gasteiger partial charge in [0.2, 0.25) is 0 Å². The van der Waals surface area contributed by atoms with Crippen molar-refractivity contribution in [2.75, 3.05) is 26.4 Å². The maximum absolute atomic E-state index is 9.81. The number of ether oxygens (including phenoxy) is 1. The second-order valence-electron chi connectivity index (χ2n) is 6.46. The van der Waals surface area contributed by atoms with E-state index in [1.165, 1.54) is 5.56 Å². The topological polar surface area (TPSA) is 32.7 Å². The lowest BCUT2D eigenvalue weighted by molar-refractivity contribution is 0.0251. The molecule has 0 radical (unpaired) electrons. The summed E-state index contributed by atoms with van der Waals surface area (Å²) >= 11 is 0. The lowest BCUT2D eigenvalue weighted by Gasteiger charge is -2.37. The van der Waals surface area contributed by atoms with Gasteiger partial charge in [-0.1, -0.05) is 44.2 Å². The molecule has 1 unspecified atom stereocenters. The van der Waals surface area contributed by atoms with Gasteiger partial charge < -0.3 is 9.84 Å². The Morgan fingerprint density at radius 3 is 2.43 bits per heavy atom. The first-order chi connectivity index (χ1) is 10.2. The summed E-state index contributed by atoms with van der Waals surface area (Å²) in [5, 5.41) is 9.81. The van der Waals surface area contributed by atoms with Gasteiger partial charge in [-0.05, 0) is 30.2 Å². The number of aliphatic hydroxyl groups excluding tert-OH is 1. The van der Waals surface area contributed by atoms with Crippen LogP contribution in [0.4, 0.5) is 0 Å². The molecule has 21 heavy (non-hydrogen) atoms. The van der Waals surface area contributed by atoms with Crippen molar-refractivity contribution in [1.29, 1.82) is 0 Å². The van der Waals surface area contributed by atoms with Crippen LogP contribution in [0.1, 0.15) is 32.3 Å². The zero-order chi connectivity index (χ0) is 15.1. The van der Waals surface area contributed by atoms with Crippen molar-refractivity contribution in [1.82, 2.24) is 4.90 Å². The van der Waals surface area contributed by atoms with Crippen LogP contribution in [0, 0.1) is 11.8 Å². The molecular formula is C18H29NO2. The number of hydrogen-bond donors (Lipinski definition) is 1. The number of aliphatic hydroxyl groups is 1. The molecule has 0 aromatic heterocycles. The van der Waals surface area contributed by atoms with Crippen LogP contribution in [0.5, 0.6) is 0 Å². The molecule has 118 valence electrons. The monoisotopic (exact) mass is 291 g/mol. The first-order valence-electron chi connectivity index (χ1n) is 8.17. The van der Waals surface area contributed by atoms with Crippen LogP contribution >= 0.6 is 0 Å². The summed E-state index contributed by atoms with van der Waals surface area (Å²) in [6, 6.07) is 10.8. The van der Waals surface area contributed by atoms with Crippen molar-refractivity contribution in [3.63, 3.8) is 0 Å². The predicted molar refractivity (Wildman–Crippen MR) is 86.1 cm³/mol. The van der Waals surface area contributed by atoms with Gasteiger partial charge >= 0.3 is 0 Å². The van der Waals surface area contributed by atoms with Crippen LogP contribution in [-0.4, -0.2) is 42.4 Å². The Morgan fingerprint density at radius 2 is 1.86 bits per heavy atom. The number of hydrogen-bond acceptors (Lipinski definition) is 3. The fourth-order valence-corrected chi connectivity index (χ4v) is 3.14. The van der Waals surface area contributed by atoms with Crippen molar-refractivity contribution in [3.8, 4) is 0 Å². The summed E-state index contributed by atoms with van der Waals surface area (Å²) in [5.41, 5.74) is 1.32. The standard InChI is InChI=1S/C18H29NO2/c1-15(2)18(14-20)19(12-16-6-4-3-5-7-16)13-17-8-10-21-11-9-17/h3-7,15,17-18,20H,8-14H2,1-2H3. The molecule has 3 heteroatoms. The molecule has 2 rings (SSSR count). The van der Waals surface area contributed by atoms with E-state index in [-0.39, 0.29) is 12.6 Å². The van der Waals surface area contributed by atoms with E-state index < -0.39 is 0 Å².